The Labute approximate surface area is 146 Å². The lowest BCUT2D eigenvalue weighted by Gasteiger charge is -2.32. The second-order valence-electron chi connectivity index (χ2n) is 6.02. The Morgan fingerprint density at radius 1 is 1.36 bits per heavy atom. The Bertz CT molecular complexity index is 726. The topological polar surface area (TPSA) is 90.6 Å². The fraction of sp³-hybridized carbons (Fsp3) is 0.529. The first-order chi connectivity index (χ1) is 12.0. The molecule has 25 heavy (non-hydrogen) atoms. The molecule has 3 rings (SSSR count). The zero-order chi connectivity index (χ0) is 17.8. The van der Waals surface area contributed by atoms with Crippen molar-refractivity contribution in [3.63, 3.8) is 0 Å². The standard InChI is InChI=1S/C17H22N4O4/c1-11-8-14(19-12(2)18-11)15-10-21(6-7-24-15)17(22)5-4-13-9-16(23-3)20-25-13/h8-9,15H,4-7,10H2,1-3H3/t15-/m0/s1. The molecule has 2 aromatic rings. The van der Waals surface area contributed by atoms with Crippen LogP contribution in [-0.4, -0.2) is 52.7 Å². The van der Waals surface area contributed by atoms with Crippen LogP contribution >= 0.6 is 0 Å². The van der Waals surface area contributed by atoms with E-state index in [-0.39, 0.29) is 12.0 Å². The highest BCUT2D eigenvalue weighted by Gasteiger charge is 2.26. The van der Waals surface area contributed by atoms with Crippen LogP contribution in [0.5, 0.6) is 5.88 Å². The Morgan fingerprint density at radius 3 is 2.92 bits per heavy atom. The molecular formula is C17H22N4O4. The number of aryl methyl sites for hydroxylation is 3. The maximum absolute atomic E-state index is 12.5. The summed E-state index contributed by atoms with van der Waals surface area (Å²) < 4.78 is 15.9. The van der Waals surface area contributed by atoms with E-state index in [0.717, 1.165) is 11.4 Å². The number of morpholine rings is 1. The molecule has 8 nitrogen and oxygen atoms in total. The number of amides is 1. The zero-order valence-electron chi connectivity index (χ0n) is 14.7. The van der Waals surface area contributed by atoms with Crippen molar-refractivity contribution >= 4 is 5.91 Å². The van der Waals surface area contributed by atoms with Crippen molar-refractivity contribution in [2.24, 2.45) is 0 Å². The number of methoxy groups -OCH3 is 1. The lowest BCUT2D eigenvalue weighted by atomic mass is 10.1. The van der Waals surface area contributed by atoms with Crippen LogP contribution in [0.3, 0.4) is 0 Å². The van der Waals surface area contributed by atoms with E-state index in [9.17, 15) is 4.79 Å². The summed E-state index contributed by atoms with van der Waals surface area (Å²) in [4.78, 5) is 23.0. The fourth-order valence-electron chi connectivity index (χ4n) is 2.86. The van der Waals surface area contributed by atoms with Gasteiger partial charge in [-0.1, -0.05) is 0 Å². The molecule has 0 aromatic carbocycles. The maximum atomic E-state index is 12.5. The lowest BCUT2D eigenvalue weighted by molar-refractivity contribution is -0.139. The van der Waals surface area contributed by atoms with E-state index < -0.39 is 0 Å². The van der Waals surface area contributed by atoms with Gasteiger partial charge in [-0.2, -0.15) is 0 Å². The summed E-state index contributed by atoms with van der Waals surface area (Å²) in [5.74, 6) is 1.83. The second kappa shape index (κ2) is 7.60. The second-order valence-corrected chi connectivity index (χ2v) is 6.02. The average Bonchev–Trinajstić information content (AvgIpc) is 3.07. The van der Waals surface area contributed by atoms with Gasteiger partial charge in [0.2, 0.25) is 5.91 Å². The summed E-state index contributed by atoms with van der Waals surface area (Å²) in [6.45, 7) is 5.35. The van der Waals surface area contributed by atoms with E-state index in [1.807, 2.05) is 24.8 Å². The summed E-state index contributed by atoms with van der Waals surface area (Å²) in [5.41, 5.74) is 1.72. The number of aromatic nitrogens is 3. The van der Waals surface area contributed by atoms with Crippen LogP contribution in [0.4, 0.5) is 0 Å². The third-order valence-electron chi connectivity index (χ3n) is 4.07. The average molecular weight is 346 g/mol. The van der Waals surface area contributed by atoms with E-state index in [4.69, 9.17) is 14.0 Å². The molecule has 0 bridgehead atoms. The van der Waals surface area contributed by atoms with Crippen LogP contribution in [0.1, 0.15) is 35.5 Å². The minimum atomic E-state index is -0.219. The molecular weight excluding hydrogens is 324 g/mol. The zero-order valence-corrected chi connectivity index (χ0v) is 14.7. The SMILES string of the molecule is COc1cc(CCC(=O)N2CCO[C@H](c3cc(C)nc(C)n3)C2)on1. The van der Waals surface area contributed by atoms with Gasteiger partial charge in [0.25, 0.3) is 5.88 Å². The maximum Gasteiger partial charge on any atom is 0.254 e. The molecule has 1 aliphatic heterocycles. The molecule has 134 valence electrons. The Balaban J connectivity index is 1.59. The normalized spacial score (nSPS) is 17.6. The first-order valence-corrected chi connectivity index (χ1v) is 8.26. The number of hydrogen-bond donors (Lipinski definition) is 0. The molecule has 1 amide bonds. The van der Waals surface area contributed by atoms with Crippen molar-refractivity contribution in [1.82, 2.24) is 20.0 Å². The van der Waals surface area contributed by atoms with Crippen LogP contribution in [0.2, 0.25) is 0 Å². The molecule has 2 aromatic heterocycles. The van der Waals surface area contributed by atoms with Gasteiger partial charge in [0.15, 0.2) is 0 Å². The molecule has 0 saturated carbocycles. The number of carbonyl (C=O) groups is 1. The van der Waals surface area contributed by atoms with E-state index in [2.05, 4.69) is 15.1 Å². The smallest absolute Gasteiger partial charge is 0.254 e. The molecule has 1 aliphatic rings. The minimum Gasteiger partial charge on any atom is -0.479 e. The van der Waals surface area contributed by atoms with Crippen molar-refractivity contribution < 1.29 is 18.8 Å². The van der Waals surface area contributed by atoms with Crippen LogP contribution in [0.25, 0.3) is 0 Å². The van der Waals surface area contributed by atoms with E-state index >= 15 is 0 Å². The molecule has 0 radical (unpaired) electrons. The van der Waals surface area contributed by atoms with Gasteiger partial charge in [-0.05, 0) is 25.1 Å². The third-order valence-corrected chi connectivity index (χ3v) is 4.07. The first-order valence-electron chi connectivity index (χ1n) is 8.26. The molecule has 1 atom stereocenters. The van der Waals surface area contributed by atoms with Gasteiger partial charge in [0, 0.05) is 31.1 Å². The van der Waals surface area contributed by atoms with Crippen molar-refractivity contribution in [3.05, 3.63) is 35.1 Å². The number of rotatable bonds is 5. The molecule has 3 heterocycles. The summed E-state index contributed by atoms with van der Waals surface area (Å²) >= 11 is 0. The number of hydrogen-bond acceptors (Lipinski definition) is 7. The predicted molar refractivity (Wildman–Crippen MR) is 88.2 cm³/mol. The Kier molecular flexibility index (Phi) is 5.28. The Morgan fingerprint density at radius 2 is 2.20 bits per heavy atom. The lowest BCUT2D eigenvalue weighted by Crippen LogP contribution is -2.42. The fourth-order valence-corrected chi connectivity index (χ4v) is 2.86. The van der Waals surface area contributed by atoms with Gasteiger partial charge in [-0.3, -0.25) is 4.79 Å². The largest absolute Gasteiger partial charge is 0.479 e. The summed E-state index contributed by atoms with van der Waals surface area (Å²) in [6.07, 6.45) is 0.624. The van der Waals surface area contributed by atoms with Crippen LogP contribution in [0, 0.1) is 13.8 Å². The van der Waals surface area contributed by atoms with Crippen molar-refractivity contribution in [2.75, 3.05) is 26.8 Å². The highest BCUT2D eigenvalue weighted by Crippen LogP contribution is 2.22. The molecule has 0 spiro atoms. The highest BCUT2D eigenvalue weighted by atomic mass is 16.5. The van der Waals surface area contributed by atoms with Gasteiger partial charge >= 0.3 is 0 Å². The summed E-state index contributed by atoms with van der Waals surface area (Å²) in [5, 5.41) is 3.74. The van der Waals surface area contributed by atoms with Crippen LogP contribution in [-0.2, 0) is 16.0 Å². The number of ether oxygens (including phenoxy) is 2. The van der Waals surface area contributed by atoms with E-state index in [0.29, 0.717) is 50.0 Å². The molecule has 1 saturated heterocycles. The van der Waals surface area contributed by atoms with Crippen molar-refractivity contribution in [2.45, 2.75) is 32.8 Å². The van der Waals surface area contributed by atoms with Gasteiger partial charge in [-0.15, -0.1) is 0 Å². The molecule has 8 heteroatoms. The number of nitrogens with zero attached hydrogens (tertiary/aromatic N) is 4. The quantitative estimate of drug-likeness (QED) is 0.812. The molecule has 1 fully saturated rings. The van der Waals surface area contributed by atoms with Gasteiger partial charge < -0.3 is 18.9 Å². The highest BCUT2D eigenvalue weighted by molar-refractivity contribution is 5.76. The van der Waals surface area contributed by atoms with Crippen molar-refractivity contribution in [1.29, 1.82) is 0 Å². The van der Waals surface area contributed by atoms with Crippen LogP contribution in [0.15, 0.2) is 16.7 Å². The van der Waals surface area contributed by atoms with E-state index in [1.54, 1.807) is 6.07 Å². The van der Waals surface area contributed by atoms with E-state index in [1.165, 1.54) is 7.11 Å². The summed E-state index contributed by atoms with van der Waals surface area (Å²) in [7, 11) is 1.53. The minimum absolute atomic E-state index is 0.0613. The molecule has 0 N–H and O–H groups in total. The van der Waals surface area contributed by atoms with Crippen molar-refractivity contribution in [3.8, 4) is 5.88 Å². The third kappa shape index (κ3) is 4.33. The summed E-state index contributed by atoms with van der Waals surface area (Å²) in [6, 6.07) is 3.61. The van der Waals surface area contributed by atoms with Gasteiger partial charge in [0.05, 0.1) is 26.0 Å². The first kappa shape index (κ1) is 17.3. The van der Waals surface area contributed by atoms with Crippen LogP contribution < -0.4 is 4.74 Å². The monoisotopic (exact) mass is 346 g/mol. The molecule has 0 aliphatic carbocycles. The predicted octanol–water partition coefficient (Wildman–Crippen LogP) is 1.62. The van der Waals surface area contributed by atoms with Gasteiger partial charge in [0.1, 0.15) is 17.7 Å². The Hall–Kier alpha value is -2.48. The molecule has 0 unspecified atom stereocenters. The van der Waals surface area contributed by atoms with Gasteiger partial charge in [-0.25, -0.2) is 9.97 Å². The number of carbonyl (C=O) groups excluding carboxylic acids is 1.